The standard InChI is InChI=1S/C25H23BClFN6O/c1-13-14(2)31-24-22(30-13)21(19-6-3-17(27)9-20(19)28)32-23(33-24)15-7-8-35-25(26,10-15)16-11-29-34(12-16)18-4-5-18/h3,6,9,11-12,15,18H,4-5,7-8,10H2,1-2H3. The van der Waals surface area contributed by atoms with E-state index in [0.29, 0.717) is 58.8 Å². The maximum absolute atomic E-state index is 15.0. The summed E-state index contributed by atoms with van der Waals surface area (Å²) in [5, 5.41) is 4.79. The lowest BCUT2D eigenvalue weighted by Crippen LogP contribution is -2.37. The van der Waals surface area contributed by atoms with E-state index >= 15 is 0 Å². The van der Waals surface area contributed by atoms with Gasteiger partial charge in [0.15, 0.2) is 5.65 Å². The summed E-state index contributed by atoms with van der Waals surface area (Å²) in [5.41, 5.74) is 2.91. The van der Waals surface area contributed by atoms with Gasteiger partial charge in [-0.3, -0.25) is 4.68 Å². The Bertz CT molecular complexity index is 1460. The molecule has 4 aromatic rings. The van der Waals surface area contributed by atoms with Crippen LogP contribution in [0.2, 0.25) is 5.02 Å². The second-order valence-corrected chi connectivity index (χ2v) is 9.93. The number of hydrogen-bond donors (Lipinski definition) is 0. The van der Waals surface area contributed by atoms with E-state index in [9.17, 15) is 4.39 Å². The van der Waals surface area contributed by atoms with E-state index in [4.69, 9.17) is 34.2 Å². The van der Waals surface area contributed by atoms with Crippen molar-refractivity contribution < 1.29 is 9.13 Å². The van der Waals surface area contributed by atoms with Crippen molar-refractivity contribution in [3.63, 3.8) is 0 Å². The average molecular weight is 489 g/mol. The summed E-state index contributed by atoms with van der Waals surface area (Å²) in [5.74, 6) is -0.0387. The molecule has 10 heteroatoms. The second kappa shape index (κ2) is 8.34. The van der Waals surface area contributed by atoms with Crippen LogP contribution in [-0.4, -0.2) is 44.2 Å². The van der Waals surface area contributed by atoms with Crippen LogP contribution in [0.5, 0.6) is 0 Å². The van der Waals surface area contributed by atoms with E-state index in [1.54, 1.807) is 18.3 Å². The van der Waals surface area contributed by atoms with Crippen LogP contribution >= 0.6 is 11.6 Å². The molecule has 2 unspecified atom stereocenters. The van der Waals surface area contributed by atoms with Crippen molar-refractivity contribution in [2.24, 2.45) is 0 Å². The topological polar surface area (TPSA) is 78.6 Å². The van der Waals surface area contributed by atoms with E-state index in [1.165, 1.54) is 6.07 Å². The van der Waals surface area contributed by atoms with Gasteiger partial charge in [0, 0.05) is 34.9 Å². The van der Waals surface area contributed by atoms with Crippen LogP contribution in [0.3, 0.4) is 0 Å². The molecular formula is C25H23BClFN6O. The zero-order valence-corrected chi connectivity index (χ0v) is 20.3. The second-order valence-electron chi connectivity index (χ2n) is 9.49. The third kappa shape index (κ3) is 4.10. The molecule has 2 aliphatic rings. The Labute approximate surface area is 208 Å². The van der Waals surface area contributed by atoms with Crippen molar-refractivity contribution in [1.82, 2.24) is 29.7 Å². The molecule has 1 saturated carbocycles. The molecule has 0 N–H and O–H groups in total. The summed E-state index contributed by atoms with van der Waals surface area (Å²) in [6.07, 6.45) is 7.19. The van der Waals surface area contributed by atoms with Crippen molar-refractivity contribution in [2.45, 2.75) is 57.0 Å². The Morgan fingerprint density at radius 3 is 2.69 bits per heavy atom. The minimum absolute atomic E-state index is 0.111. The van der Waals surface area contributed by atoms with Crippen LogP contribution in [-0.2, 0) is 10.2 Å². The quantitative estimate of drug-likeness (QED) is 0.379. The van der Waals surface area contributed by atoms with Gasteiger partial charge in [-0.05, 0) is 57.7 Å². The van der Waals surface area contributed by atoms with Gasteiger partial charge < -0.3 is 4.74 Å². The zero-order valence-electron chi connectivity index (χ0n) is 19.5. The lowest BCUT2D eigenvalue weighted by molar-refractivity contribution is -0.0311. The summed E-state index contributed by atoms with van der Waals surface area (Å²) >= 11 is 6.00. The molecule has 4 heterocycles. The molecule has 3 aromatic heterocycles. The van der Waals surface area contributed by atoms with Crippen molar-refractivity contribution in [1.29, 1.82) is 0 Å². The number of benzene rings is 1. The van der Waals surface area contributed by atoms with E-state index < -0.39 is 11.3 Å². The Morgan fingerprint density at radius 1 is 1.11 bits per heavy atom. The summed E-state index contributed by atoms with van der Waals surface area (Å²) in [4.78, 5) is 18.9. The van der Waals surface area contributed by atoms with Gasteiger partial charge in [0.1, 0.15) is 30.7 Å². The first-order chi connectivity index (χ1) is 16.8. The van der Waals surface area contributed by atoms with Gasteiger partial charge in [-0.2, -0.15) is 5.10 Å². The van der Waals surface area contributed by atoms with Gasteiger partial charge in [-0.15, -0.1) is 0 Å². The van der Waals surface area contributed by atoms with Crippen LogP contribution in [0.1, 0.15) is 60.4 Å². The van der Waals surface area contributed by atoms with E-state index in [-0.39, 0.29) is 5.92 Å². The number of aryl methyl sites for hydroxylation is 2. The van der Waals surface area contributed by atoms with Crippen LogP contribution in [0.25, 0.3) is 22.4 Å². The highest BCUT2D eigenvalue weighted by atomic mass is 35.5. The van der Waals surface area contributed by atoms with Gasteiger partial charge in [-0.1, -0.05) is 11.6 Å². The molecule has 1 aliphatic heterocycles. The lowest BCUT2D eigenvalue weighted by atomic mass is 9.68. The number of rotatable bonds is 4. The van der Waals surface area contributed by atoms with Crippen LogP contribution in [0, 0.1) is 19.7 Å². The Morgan fingerprint density at radius 2 is 1.91 bits per heavy atom. The minimum atomic E-state index is -1.01. The van der Waals surface area contributed by atoms with Gasteiger partial charge in [0.2, 0.25) is 0 Å². The third-order valence-corrected chi connectivity index (χ3v) is 7.13. The Kier molecular flexibility index (Phi) is 5.38. The minimum Gasteiger partial charge on any atom is -0.380 e. The number of nitrogens with zero attached hydrogens (tertiary/aromatic N) is 6. The zero-order chi connectivity index (χ0) is 24.3. The number of halogens is 2. The molecule has 176 valence electrons. The maximum atomic E-state index is 15.0. The predicted molar refractivity (Wildman–Crippen MR) is 131 cm³/mol. The first-order valence-corrected chi connectivity index (χ1v) is 12.1. The van der Waals surface area contributed by atoms with Crippen molar-refractivity contribution in [2.75, 3.05) is 6.61 Å². The highest BCUT2D eigenvalue weighted by Crippen LogP contribution is 2.42. The molecule has 1 saturated heterocycles. The predicted octanol–water partition coefficient (Wildman–Crippen LogP) is 4.94. The van der Waals surface area contributed by atoms with Gasteiger partial charge in [0.05, 0.1) is 29.1 Å². The van der Waals surface area contributed by atoms with Crippen molar-refractivity contribution in [3.8, 4) is 11.3 Å². The van der Waals surface area contributed by atoms with Crippen LogP contribution in [0.15, 0.2) is 30.6 Å². The summed E-state index contributed by atoms with van der Waals surface area (Å²) in [7, 11) is 6.75. The molecule has 35 heavy (non-hydrogen) atoms. The van der Waals surface area contributed by atoms with Gasteiger partial charge in [0.25, 0.3) is 0 Å². The summed E-state index contributed by atoms with van der Waals surface area (Å²) in [6.45, 7) is 4.18. The van der Waals surface area contributed by atoms with Crippen molar-refractivity contribution in [3.05, 3.63) is 64.2 Å². The third-order valence-electron chi connectivity index (χ3n) is 6.90. The molecule has 0 bridgehead atoms. The fraction of sp³-hybridized carbons (Fsp3) is 0.400. The average Bonchev–Trinajstić information content (AvgIpc) is 3.55. The first kappa shape index (κ1) is 22.6. The number of fused-ring (bicyclic) bond motifs is 1. The normalized spacial score (nSPS) is 22.6. The molecular weight excluding hydrogens is 466 g/mol. The van der Waals surface area contributed by atoms with Crippen LogP contribution < -0.4 is 0 Å². The monoisotopic (exact) mass is 488 g/mol. The van der Waals surface area contributed by atoms with E-state index in [1.807, 2.05) is 24.7 Å². The molecule has 0 spiro atoms. The molecule has 2 fully saturated rings. The SMILES string of the molecule is [B]C1(c2cnn(C3CC3)c2)CC(c2nc(-c3ccc(Cl)cc3F)c3nc(C)c(C)nc3n2)CCO1. The van der Waals surface area contributed by atoms with Gasteiger partial charge in [-0.25, -0.2) is 24.3 Å². The molecule has 6 rings (SSSR count). The maximum Gasteiger partial charge on any atom is 0.182 e. The fourth-order valence-corrected chi connectivity index (χ4v) is 4.77. The molecule has 0 amide bonds. The highest BCUT2D eigenvalue weighted by Gasteiger charge is 2.38. The first-order valence-electron chi connectivity index (χ1n) is 11.8. The smallest absolute Gasteiger partial charge is 0.182 e. The number of ether oxygens (including phenoxy) is 1. The van der Waals surface area contributed by atoms with Gasteiger partial charge >= 0.3 is 0 Å². The molecule has 7 nitrogen and oxygen atoms in total. The summed E-state index contributed by atoms with van der Waals surface area (Å²) < 4.78 is 23.0. The number of hydrogen-bond acceptors (Lipinski definition) is 6. The highest BCUT2D eigenvalue weighted by molar-refractivity contribution is 6.30. The molecule has 1 aliphatic carbocycles. The van der Waals surface area contributed by atoms with Crippen LogP contribution in [0.4, 0.5) is 4.39 Å². The fourth-order valence-electron chi connectivity index (χ4n) is 4.61. The Hall–Kier alpha value is -2.91. The van der Waals surface area contributed by atoms with Crippen molar-refractivity contribution >= 4 is 30.6 Å². The Balaban J connectivity index is 1.44. The largest absolute Gasteiger partial charge is 0.380 e. The molecule has 2 radical (unpaired) electrons. The number of aromatic nitrogens is 6. The molecule has 1 aromatic carbocycles. The van der Waals surface area contributed by atoms with E-state index in [2.05, 4.69) is 15.1 Å². The lowest BCUT2D eigenvalue weighted by Gasteiger charge is -2.38. The summed E-state index contributed by atoms with van der Waals surface area (Å²) in [6, 6.07) is 4.98. The van der Waals surface area contributed by atoms with E-state index in [0.717, 1.165) is 29.8 Å². The molecule has 2 atom stereocenters.